The SMILES string of the molecule is O=C(CNC(=O)c1ccc(C(F)(F)F)cc1)NCC(=O)N1CCc2sccc2C1. The Hall–Kier alpha value is -2.88. The van der Waals surface area contributed by atoms with Crippen LogP contribution in [0.25, 0.3) is 0 Å². The van der Waals surface area contributed by atoms with Crippen molar-refractivity contribution in [3.05, 3.63) is 57.3 Å². The molecule has 2 heterocycles. The van der Waals surface area contributed by atoms with Crippen LogP contribution in [0, 0.1) is 0 Å². The first-order valence-corrected chi connectivity index (χ1v) is 9.67. The van der Waals surface area contributed by atoms with Gasteiger partial charge in [0.1, 0.15) is 0 Å². The van der Waals surface area contributed by atoms with Crippen molar-refractivity contribution in [1.29, 1.82) is 0 Å². The standard InChI is InChI=1S/C19H18F3N3O3S/c20-19(21,22)14-3-1-12(2-4-14)18(28)24-9-16(26)23-10-17(27)25-7-5-15-13(11-25)6-8-29-15/h1-4,6,8H,5,7,9-11H2,(H,23,26)(H,24,28). The van der Waals surface area contributed by atoms with Gasteiger partial charge in [0.15, 0.2) is 0 Å². The third-order valence-corrected chi connectivity index (χ3v) is 5.50. The van der Waals surface area contributed by atoms with Crippen molar-refractivity contribution in [3.63, 3.8) is 0 Å². The van der Waals surface area contributed by atoms with E-state index in [2.05, 4.69) is 10.6 Å². The molecule has 0 atom stereocenters. The zero-order valence-electron chi connectivity index (χ0n) is 15.2. The molecule has 0 bridgehead atoms. The van der Waals surface area contributed by atoms with E-state index in [0.29, 0.717) is 13.1 Å². The van der Waals surface area contributed by atoms with E-state index in [1.54, 1.807) is 16.2 Å². The van der Waals surface area contributed by atoms with Gasteiger partial charge in [-0.25, -0.2) is 0 Å². The molecule has 0 spiro atoms. The van der Waals surface area contributed by atoms with Crippen LogP contribution < -0.4 is 10.6 Å². The summed E-state index contributed by atoms with van der Waals surface area (Å²) in [5, 5.41) is 6.74. The number of carbonyl (C=O) groups excluding carboxylic acids is 3. The van der Waals surface area contributed by atoms with E-state index in [-0.39, 0.29) is 24.6 Å². The lowest BCUT2D eigenvalue weighted by atomic mass is 10.1. The van der Waals surface area contributed by atoms with E-state index >= 15 is 0 Å². The Kier molecular flexibility index (Phi) is 6.21. The lowest BCUT2D eigenvalue weighted by Gasteiger charge is -2.27. The fourth-order valence-electron chi connectivity index (χ4n) is 2.88. The summed E-state index contributed by atoms with van der Waals surface area (Å²) in [4.78, 5) is 39.0. The first-order chi connectivity index (χ1) is 13.7. The quantitative estimate of drug-likeness (QED) is 0.771. The van der Waals surface area contributed by atoms with Gasteiger partial charge in [0, 0.05) is 23.5 Å². The van der Waals surface area contributed by atoms with Crippen LogP contribution >= 0.6 is 11.3 Å². The monoisotopic (exact) mass is 425 g/mol. The maximum absolute atomic E-state index is 12.5. The number of hydrogen-bond acceptors (Lipinski definition) is 4. The van der Waals surface area contributed by atoms with Crippen LogP contribution in [0.4, 0.5) is 13.2 Å². The minimum Gasteiger partial charge on any atom is -0.345 e. The van der Waals surface area contributed by atoms with E-state index in [1.165, 1.54) is 4.88 Å². The summed E-state index contributed by atoms with van der Waals surface area (Å²) in [7, 11) is 0. The Morgan fingerprint density at radius 2 is 1.76 bits per heavy atom. The Labute approximate surface area is 168 Å². The number of nitrogens with zero attached hydrogens (tertiary/aromatic N) is 1. The average molecular weight is 425 g/mol. The summed E-state index contributed by atoms with van der Waals surface area (Å²) >= 11 is 1.66. The molecular weight excluding hydrogens is 407 g/mol. The van der Waals surface area contributed by atoms with Crippen LogP contribution in [0.15, 0.2) is 35.7 Å². The van der Waals surface area contributed by atoms with Gasteiger partial charge >= 0.3 is 6.18 Å². The number of thiophene rings is 1. The topological polar surface area (TPSA) is 78.5 Å². The van der Waals surface area contributed by atoms with Crippen LogP contribution in [0.3, 0.4) is 0 Å². The molecule has 29 heavy (non-hydrogen) atoms. The summed E-state index contributed by atoms with van der Waals surface area (Å²) in [6, 6.07) is 5.65. The van der Waals surface area contributed by atoms with Gasteiger partial charge in [0.2, 0.25) is 11.8 Å². The molecule has 6 nitrogen and oxygen atoms in total. The highest BCUT2D eigenvalue weighted by Crippen LogP contribution is 2.29. The number of nitrogens with one attached hydrogen (secondary N) is 2. The van der Waals surface area contributed by atoms with E-state index in [9.17, 15) is 27.6 Å². The summed E-state index contributed by atoms with van der Waals surface area (Å²) in [5.41, 5.74) is 0.254. The van der Waals surface area contributed by atoms with Crippen LogP contribution in [0.5, 0.6) is 0 Å². The Morgan fingerprint density at radius 1 is 1.03 bits per heavy atom. The smallest absolute Gasteiger partial charge is 0.345 e. The average Bonchev–Trinajstić information content (AvgIpc) is 3.17. The lowest BCUT2D eigenvalue weighted by Crippen LogP contribution is -2.44. The van der Waals surface area contributed by atoms with Crippen molar-refractivity contribution >= 4 is 29.1 Å². The molecule has 2 N–H and O–H groups in total. The Balaban J connectivity index is 1.42. The van der Waals surface area contributed by atoms with Gasteiger partial charge in [-0.3, -0.25) is 14.4 Å². The number of rotatable bonds is 5. The normalized spacial score (nSPS) is 13.6. The zero-order valence-corrected chi connectivity index (χ0v) is 16.0. The molecule has 1 aliphatic rings. The molecule has 1 aromatic heterocycles. The largest absolute Gasteiger partial charge is 0.416 e. The second-order valence-electron chi connectivity index (χ2n) is 6.47. The Morgan fingerprint density at radius 3 is 2.45 bits per heavy atom. The summed E-state index contributed by atoms with van der Waals surface area (Å²) in [6.45, 7) is 0.529. The van der Waals surface area contributed by atoms with Crippen LogP contribution in [0.2, 0.25) is 0 Å². The first-order valence-electron chi connectivity index (χ1n) is 8.79. The maximum atomic E-state index is 12.5. The fraction of sp³-hybridized carbons (Fsp3) is 0.316. The maximum Gasteiger partial charge on any atom is 0.416 e. The van der Waals surface area contributed by atoms with Crippen molar-refractivity contribution < 1.29 is 27.6 Å². The van der Waals surface area contributed by atoms with Gasteiger partial charge in [0.05, 0.1) is 18.7 Å². The third kappa shape index (κ3) is 5.35. The van der Waals surface area contributed by atoms with Crippen molar-refractivity contribution in [2.45, 2.75) is 19.1 Å². The molecule has 1 aliphatic heterocycles. The molecule has 0 fully saturated rings. The number of halogens is 3. The number of amides is 3. The zero-order chi connectivity index (χ0) is 21.0. The van der Waals surface area contributed by atoms with Crippen molar-refractivity contribution in [1.82, 2.24) is 15.5 Å². The van der Waals surface area contributed by atoms with Crippen molar-refractivity contribution in [2.75, 3.05) is 19.6 Å². The van der Waals surface area contributed by atoms with Gasteiger partial charge in [-0.2, -0.15) is 13.2 Å². The van der Waals surface area contributed by atoms with E-state index in [1.807, 2.05) is 11.4 Å². The predicted molar refractivity (Wildman–Crippen MR) is 100 cm³/mol. The molecule has 3 rings (SSSR count). The summed E-state index contributed by atoms with van der Waals surface area (Å²) in [6.07, 6.45) is -3.70. The summed E-state index contributed by atoms with van der Waals surface area (Å²) < 4.78 is 37.6. The van der Waals surface area contributed by atoms with E-state index < -0.39 is 23.6 Å². The molecule has 0 saturated carbocycles. The number of fused-ring (bicyclic) bond motifs is 1. The molecule has 0 radical (unpaired) electrons. The molecule has 0 unspecified atom stereocenters. The molecule has 0 saturated heterocycles. The second kappa shape index (κ2) is 8.64. The summed E-state index contributed by atoms with van der Waals surface area (Å²) in [5.74, 6) is -1.46. The molecule has 0 aliphatic carbocycles. The van der Waals surface area contributed by atoms with Crippen LogP contribution in [-0.2, 0) is 28.7 Å². The minimum absolute atomic E-state index is 0.00163. The van der Waals surface area contributed by atoms with Crippen molar-refractivity contribution in [3.8, 4) is 0 Å². The van der Waals surface area contributed by atoms with Gasteiger partial charge in [-0.1, -0.05) is 0 Å². The predicted octanol–water partition coefficient (Wildman–Crippen LogP) is 2.20. The molecule has 10 heteroatoms. The van der Waals surface area contributed by atoms with Crippen LogP contribution in [0.1, 0.15) is 26.4 Å². The number of hydrogen-bond donors (Lipinski definition) is 2. The highest BCUT2D eigenvalue weighted by atomic mass is 32.1. The second-order valence-corrected chi connectivity index (χ2v) is 7.47. The van der Waals surface area contributed by atoms with Crippen molar-refractivity contribution in [2.24, 2.45) is 0 Å². The minimum atomic E-state index is -4.49. The number of carbonyl (C=O) groups is 3. The highest BCUT2D eigenvalue weighted by molar-refractivity contribution is 7.10. The van der Waals surface area contributed by atoms with E-state index in [0.717, 1.165) is 36.2 Å². The number of benzene rings is 1. The fourth-order valence-corrected chi connectivity index (χ4v) is 3.77. The van der Waals surface area contributed by atoms with E-state index in [4.69, 9.17) is 0 Å². The van der Waals surface area contributed by atoms with Crippen LogP contribution in [-0.4, -0.2) is 42.3 Å². The van der Waals surface area contributed by atoms with Gasteiger partial charge in [0.25, 0.3) is 5.91 Å². The number of alkyl halides is 3. The first kappa shape index (κ1) is 20.8. The molecule has 1 aromatic carbocycles. The molecular formula is C19H18F3N3O3S. The van der Waals surface area contributed by atoms with Gasteiger partial charge in [-0.15, -0.1) is 11.3 Å². The van der Waals surface area contributed by atoms with Gasteiger partial charge < -0.3 is 15.5 Å². The van der Waals surface area contributed by atoms with Gasteiger partial charge in [-0.05, 0) is 47.7 Å². The third-order valence-electron chi connectivity index (χ3n) is 4.48. The lowest BCUT2D eigenvalue weighted by molar-refractivity contribution is -0.137. The Bertz CT molecular complexity index is 909. The molecule has 3 amide bonds. The molecule has 154 valence electrons. The highest BCUT2D eigenvalue weighted by Gasteiger charge is 2.30. The molecule has 2 aromatic rings.